The fourth-order valence-corrected chi connectivity index (χ4v) is 2.46. The van der Waals surface area contributed by atoms with Gasteiger partial charge in [-0.1, -0.05) is 24.3 Å². The van der Waals surface area contributed by atoms with Gasteiger partial charge in [0, 0.05) is 6.54 Å². The second-order valence-electron chi connectivity index (χ2n) is 5.89. The number of rotatable bonds is 7. The van der Waals surface area contributed by atoms with Crippen LogP contribution in [-0.2, 0) is 13.1 Å². The molecule has 27 heavy (non-hydrogen) atoms. The topological polar surface area (TPSA) is 89.3 Å². The van der Waals surface area contributed by atoms with Crippen molar-refractivity contribution in [3.63, 3.8) is 0 Å². The van der Waals surface area contributed by atoms with Gasteiger partial charge in [-0.15, -0.1) is 5.10 Å². The third-order valence-electron chi connectivity index (χ3n) is 3.97. The summed E-state index contributed by atoms with van der Waals surface area (Å²) in [4.78, 5) is 16.1. The van der Waals surface area contributed by atoms with Crippen molar-refractivity contribution in [1.82, 2.24) is 20.1 Å². The minimum absolute atomic E-state index is 0.000886. The van der Waals surface area contributed by atoms with E-state index in [0.29, 0.717) is 11.3 Å². The first kappa shape index (κ1) is 18.5. The molecule has 2 N–H and O–H groups in total. The lowest BCUT2D eigenvalue weighted by atomic mass is 10.1. The van der Waals surface area contributed by atoms with E-state index in [1.54, 1.807) is 43.5 Å². The highest BCUT2D eigenvalue weighted by Gasteiger charge is 2.14. The van der Waals surface area contributed by atoms with Crippen LogP contribution in [0.15, 0.2) is 54.9 Å². The van der Waals surface area contributed by atoms with Crippen molar-refractivity contribution in [2.45, 2.75) is 19.2 Å². The quantitative estimate of drug-likeness (QED) is 0.665. The highest BCUT2D eigenvalue weighted by atomic mass is 19.1. The van der Waals surface area contributed by atoms with E-state index in [0.717, 1.165) is 5.56 Å². The molecule has 0 fully saturated rings. The summed E-state index contributed by atoms with van der Waals surface area (Å²) >= 11 is 0. The Balaban J connectivity index is 1.56. The lowest BCUT2D eigenvalue weighted by Crippen LogP contribution is -2.24. The van der Waals surface area contributed by atoms with Gasteiger partial charge in [0.2, 0.25) is 5.82 Å². The molecule has 0 aliphatic rings. The molecule has 0 spiro atoms. The van der Waals surface area contributed by atoms with Gasteiger partial charge < -0.3 is 15.2 Å². The molecular formula is C19H19FN4O3. The van der Waals surface area contributed by atoms with Crippen LogP contribution >= 0.6 is 0 Å². The van der Waals surface area contributed by atoms with Crippen LogP contribution in [-0.4, -0.2) is 32.9 Å². The van der Waals surface area contributed by atoms with Crippen molar-refractivity contribution < 1.29 is 19.0 Å². The number of nitrogens with zero attached hydrogens (tertiary/aromatic N) is 3. The third kappa shape index (κ3) is 4.89. The van der Waals surface area contributed by atoms with Crippen molar-refractivity contribution >= 4 is 5.91 Å². The average molecular weight is 370 g/mol. The Morgan fingerprint density at radius 1 is 1.22 bits per heavy atom. The number of carbonyl (C=O) groups excluding carboxylic acids is 1. The fourth-order valence-electron chi connectivity index (χ4n) is 2.46. The number of aliphatic hydroxyl groups is 1. The van der Waals surface area contributed by atoms with Gasteiger partial charge in [0.05, 0.1) is 19.8 Å². The standard InChI is InChI=1S/C19H19FN4O3/c1-27-16-8-4-14(5-9-16)17(25)11-24-12-22-18(23-24)19(26)21-10-13-2-6-15(20)7-3-13/h2-9,12,17,25H,10-11H2,1H3,(H,21,26)/t17-/m1/s1. The number of ether oxygens (including phenoxy) is 1. The number of halogens is 1. The van der Waals surface area contributed by atoms with Crippen LogP contribution in [0.5, 0.6) is 5.75 Å². The maximum atomic E-state index is 12.9. The van der Waals surface area contributed by atoms with Gasteiger partial charge in [-0.3, -0.25) is 4.79 Å². The van der Waals surface area contributed by atoms with Crippen molar-refractivity contribution in [2.75, 3.05) is 7.11 Å². The third-order valence-corrected chi connectivity index (χ3v) is 3.97. The van der Waals surface area contributed by atoms with Crippen molar-refractivity contribution in [2.24, 2.45) is 0 Å². The summed E-state index contributed by atoms with van der Waals surface area (Å²) in [6.45, 7) is 0.396. The molecule has 2 aromatic carbocycles. The van der Waals surface area contributed by atoms with E-state index in [2.05, 4.69) is 15.4 Å². The number of aliphatic hydroxyl groups excluding tert-OH is 1. The van der Waals surface area contributed by atoms with Crippen LogP contribution in [0, 0.1) is 5.82 Å². The lowest BCUT2D eigenvalue weighted by molar-refractivity contribution is 0.0938. The molecule has 3 rings (SSSR count). The molecule has 0 aliphatic heterocycles. The minimum Gasteiger partial charge on any atom is -0.497 e. The van der Waals surface area contributed by atoms with E-state index < -0.39 is 12.0 Å². The van der Waals surface area contributed by atoms with E-state index in [1.165, 1.54) is 23.1 Å². The zero-order valence-electron chi connectivity index (χ0n) is 14.7. The summed E-state index contributed by atoms with van der Waals surface area (Å²) in [6, 6.07) is 12.9. The molecule has 0 saturated heterocycles. The van der Waals surface area contributed by atoms with Crippen LogP contribution in [0.4, 0.5) is 4.39 Å². The second-order valence-corrected chi connectivity index (χ2v) is 5.89. The number of methoxy groups -OCH3 is 1. The second kappa shape index (κ2) is 8.41. The summed E-state index contributed by atoms with van der Waals surface area (Å²) < 4.78 is 19.4. The number of aromatic nitrogens is 3. The van der Waals surface area contributed by atoms with Crippen LogP contribution in [0.25, 0.3) is 0 Å². The Kier molecular flexibility index (Phi) is 5.77. The number of hydrogen-bond donors (Lipinski definition) is 2. The van der Waals surface area contributed by atoms with Crippen molar-refractivity contribution in [3.8, 4) is 5.75 Å². The number of hydrogen-bond acceptors (Lipinski definition) is 5. The molecule has 140 valence electrons. The molecule has 3 aromatic rings. The zero-order chi connectivity index (χ0) is 19.2. The summed E-state index contributed by atoms with van der Waals surface area (Å²) in [5, 5.41) is 17.1. The van der Waals surface area contributed by atoms with E-state index in [-0.39, 0.29) is 24.7 Å². The molecule has 0 saturated carbocycles. The normalized spacial score (nSPS) is 11.8. The molecule has 1 heterocycles. The first-order valence-electron chi connectivity index (χ1n) is 8.29. The average Bonchev–Trinajstić information content (AvgIpc) is 3.16. The predicted octanol–water partition coefficient (Wildman–Crippen LogP) is 2.09. The molecule has 0 radical (unpaired) electrons. The van der Waals surface area contributed by atoms with Gasteiger partial charge >= 0.3 is 0 Å². The van der Waals surface area contributed by atoms with Gasteiger partial charge in [0.15, 0.2) is 0 Å². The number of amides is 1. The van der Waals surface area contributed by atoms with Gasteiger partial charge in [-0.05, 0) is 35.4 Å². The molecule has 1 amide bonds. The minimum atomic E-state index is -0.798. The summed E-state index contributed by atoms with van der Waals surface area (Å²) in [5.41, 5.74) is 1.47. The highest BCUT2D eigenvalue weighted by molar-refractivity contribution is 5.90. The SMILES string of the molecule is COc1ccc([C@H](O)Cn2cnc(C(=O)NCc3ccc(F)cc3)n2)cc1. The number of carbonyl (C=O) groups is 1. The van der Waals surface area contributed by atoms with Crippen molar-refractivity contribution in [1.29, 1.82) is 0 Å². The molecular weight excluding hydrogens is 351 g/mol. The Morgan fingerprint density at radius 2 is 1.93 bits per heavy atom. The van der Waals surface area contributed by atoms with Gasteiger partial charge in [-0.25, -0.2) is 14.1 Å². The van der Waals surface area contributed by atoms with Crippen molar-refractivity contribution in [3.05, 3.63) is 77.6 Å². The monoisotopic (exact) mass is 370 g/mol. The van der Waals surface area contributed by atoms with E-state index >= 15 is 0 Å². The first-order valence-corrected chi connectivity index (χ1v) is 8.29. The molecule has 8 heteroatoms. The maximum absolute atomic E-state index is 12.9. The number of nitrogens with one attached hydrogen (secondary N) is 1. The van der Waals surface area contributed by atoms with Crippen LogP contribution in [0.3, 0.4) is 0 Å². The van der Waals surface area contributed by atoms with E-state index in [1.807, 2.05) is 0 Å². The lowest BCUT2D eigenvalue weighted by Gasteiger charge is -2.11. The molecule has 0 unspecified atom stereocenters. The molecule has 0 bridgehead atoms. The Bertz CT molecular complexity index is 894. The highest BCUT2D eigenvalue weighted by Crippen LogP contribution is 2.18. The largest absolute Gasteiger partial charge is 0.497 e. The van der Waals surface area contributed by atoms with E-state index in [4.69, 9.17) is 4.74 Å². The van der Waals surface area contributed by atoms with Crippen LogP contribution in [0.1, 0.15) is 27.8 Å². The number of benzene rings is 2. The summed E-state index contributed by atoms with van der Waals surface area (Å²) in [5.74, 6) is -0.0798. The van der Waals surface area contributed by atoms with E-state index in [9.17, 15) is 14.3 Å². The molecule has 0 aliphatic carbocycles. The van der Waals surface area contributed by atoms with Gasteiger partial charge in [0.1, 0.15) is 17.9 Å². The predicted molar refractivity (Wildman–Crippen MR) is 95.5 cm³/mol. The summed E-state index contributed by atoms with van der Waals surface area (Å²) in [6.07, 6.45) is 0.590. The zero-order valence-corrected chi connectivity index (χ0v) is 14.7. The van der Waals surface area contributed by atoms with Crippen LogP contribution < -0.4 is 10.1 Å². The van der Waals surface area contributed by atoms with Gasteiger partial charge in [-0.2, -0.15) is 0 Å². The summed E-state index contributed by atoms with van der Waals surface area (Å²) in [7, 11) is 1.57. The molecule has 7 nitrogen and oxygen atoms in total. The van der Waals surface area contributed by atoms with Crippen LogP contribution in [0.2, 0.25) is 0 Å². The fraction of sp³-hybridized carbons (Fsp3) is 0.211. The first-order chi connectivity index (χ1) is 13.0. The van der Waals surface area contributed by atoms with Gasteiger partial charge in [0.25, 0.3) is 5.91 Å². The molecule has 1 atom stereocenters. The Hall–Kier alpha value is -3.26. The Labute approximate surface area is 155 Å². The smallest absolute Gasteiger partial charge is 0.291 e. The molecule has 1 aromatic heterocycles. The maximum Gasteiger partial charge on any atom is 0.291 e. The Morgan fingerprint density at radius 3 is 2.59 bits per heavy atom.